The van der Waals surface area contributed by atoms with Crippen LogP contribution in [-0.4, -0.2) is 15.6 Å². The monoisotopic (exact) mass is 263 g/mol. The molecule has 1 N–H and O–H groups in total. The van der Waals surface area contributed by atoms with Gasteiger partial charge in [-0.3, -0.25) is 0 Å². The standard InChI is InChI=1S/C14H14ClNO2/c1-8-9(2)16(10(3)13(8)14(17)18)12-7-5-4-6-11(12)15/h4-7H,1-3H3,(H,17,18). The molecule has 0 bridgehead atoms. The Hall–Kier alpha value is -1.74. The fourth-order valence-corrected chi connectivity index (χ4v) is 2.51. The van der Waals surface area contributed by atoms with Crippen LogP contribution in [-0.2, 0) is 0 Å². The Morgan fingerprint density at radius 2 is 1.78 bits per heavy atom. The molecule has 1 heterocycles. The minimum atomic E-state index is -0.904. The minimum Gasteiger partial charge on any atom is -0.478 e. The summed E-state index contributed by atoms with van der Waals surface area (Å²) >= 11 is 6.18. The van der Waals surface area contributed by atoms with E-state index in [4.69, 9.17) is 11.6 Å². The average Bonchev–Trinajstić information content (AvgIpc) is 2.52. The van der Waals surface area contributed by atoms with Crippen LogP contribution >= 0.6 is 11.6 Å². The van der Waals surface area contributed by atoms with Gasteiger partial charge in [-0.15, -0.1) is 0 Å². The van der Waals surface area contributed by atoms with E-state index in [0.29, 0.717) is 16.3 Å². The molecular formula is C14H14ClNO2. The molecule has 0 atom stereocenters. The SMILES string of the molecule is Cc1c(C(=O)O)c(C)n(-c2ccccc2Cl)c1C. The van der Waals surface area contributed by atoms with Crippen LogP contribution in [0.3, 0.4) is 0 Å². The van der Waals surface area contributed by atoms with Crippen molar-refractivity contribution in [1.82, 2.24) is 4.57 Å². The van der Waals surface area contributed by atoms with Crippen molar-refractivity contribution in [2.75, 3.05) is 0 Å². The normalized spacial score (nSPS) is 10.7. The molecule has 0 spiro atoms. The van der Waals surface area contributed by atoms with Crippen molar-refractivity contribution in [3.63, 3.8) is 0 Å². The zero-order valence-electron chi connectivity index (χ0n) is 10.5. The van der Waals surface area contributed by atoms with Gasteiger partial charge in [-0.25, -0.2) is 4.79 Å². The number of para-hydroxylation sites is 1. The molecule has 0 radical (unpaired) electrons. The largest absolute Gasteiger partial charge is 0.478 e. The highest BCUT2D eigenvalue weighted by Gasteiger charge is 2.21. The first-order valence-electron chi connectivity index (χ1n) is 5.61. The predicted octanol–water partition coefficient (Wildman–Crippen LogP) is 3.75. The van der Waals surface area contributed by atoms with E-state index >= 15 is 0 Å². The highest BCUT2D eigenvalue weighted by molar-refractivity contribution is 6.32. The fraction of sp³-hybridized carbons (Fsp3) is 0.214. The Morgan fingerprint density at radius 3 is 2.28 bits per heavy atom. The average molecular weight is 264 g/mol. The summed E-state index contributed by atoms with van der Waals surface area (Å²) < 4.78 is 1.89. The number of carboxylic acid groups (broad SMARTS) is 1. The van der Waals surface area contributed by atoms with E-state index < -0.39 is 5.97 Å². The molecule has 0 saturated carbocycles. The number of halogens is 1. The number of carboxylic acids is 1. The Bertz CT molecular complexity index is 629. The summed E-state index contributed by atoms with van der Waals surface area (Å²) in [5, 5.41) is 9.86. The molecule has 18 heavy (non-hydrogen) atoms. The summed E-state index contributed by atoms with van der Waals surface area (Å²) in [6.07, 6.45) is 0. The lowest BCUT2D eigenvalue weighted by atomic mass is 10.1. The third kappa shape index (κ3) is 1.81. The molecule has 3 nitrogen and oxygen atoms in total. The predicted molar refractivity (Wildman–Crippen MR) is 71.9 cm³/mol. The first-order valence-corrected chi connectivity index (χ1v) is 5.99. The van der Waals surface area contributed by atoms with E-state index in [-0.39, 0.29) is 0 Å². The fourth-order valence-electron chi connectivity index (χ4n) is 2.29. The second kappa shape index (κ2) is 4.50. The summed E-state index contributed by atoms with van der Waals surface area (Å²) in [5.74, 6) is -0.904. The molecule has 0 aliphatic heterocycles. The van der Waals surface area contributed by atoms with Crippen LogP contribution in [0.2, 0.25) is 5.02 Å². The summed E-state index contributed by atoms with van der Waals surface area (Å²) in [5.41, 5.74) is 3.54. The lowest BCUT2D eigenvalue weighted by molar-refractivity contribution is 0.0695. The smallest absolute Gasteiger partial charge is 0.337 e. The van der Waals surface area contributed by atoms with Gasteiger partial charge in [-0.1, -0.05) is 23.7 Å². The number of hydrogen-bond donors (Lipinski definition) is 1. The highest BCUT2D eigenvalue weighted by atomic mass is 35.5. The van der Waals surface area contributed by atoms with E-state index in [0.717, 1.165) is 16.9 Å². The van der Waals surface area contributed by atoms with Gasteiger partial charge in [0.25, 0.3) is 0 Å². The quantitative estimate of drug-likeness (QED) is 0.897. The molecule has 0 saturated heterocycles. The number of carbonyl (C=O) groups is 1. The van der Waals surface area contributed by atoms with Crippen LogP contribution in [0.25, 0.3) is 5.69 Å². The van der Waals surface area contributed by atoms with Crippen molar-refractivity contribution < 1.29 is 9.90 Å². The van der Waals surface area contributed by atoms with Crippen molar-refractivity contribution in [3.05, 3.63) is 51.8 Å². The van der Waals surface area contributed by atoms with Gasteiger partial charge in [0.2, 0.25) is 0 Å². The van der Waals surface area contributed by atoms with Crippen molar-refractivity contribution >= 4 is 17.6 Å². The molecule has 2 aromatic rings. The van der Waals surface area contributed by atoms with Gasteiger partial charge in [-0.05, 0) is 38.5 Å². The molecule has 4 heteroatoms. The third-order valence-corrected chi connectivity index (χ3v) is 3.58. The van der Waals surface area contributed by atoms with Gasteiger partial charge in [0.1, 0.15) is 0 Å². The second-order valence-corrected chi connectivity index (χ2v) is 4.67. The highest BCUT2D eigenvalue weighted by Crippen LogP contribution is 2.29. The summed E-state index contributed by atoms with van der Waals surface area (Å²) in [6, 6.07) is 7.42. The molecule has 0 unspecified atom stereocenters. The Balaban J connectivity index is 2.78. The number of nitrogens with zero attached hydrogens (tertiary/aromatic N) is 1. The Kier molecular flexibility index (Phi) is 3.18. The van der Waals surface area contributed by atoms with Crippen LogP contribution in [0.1, 0.15) is 27.3 Å². The van der Waals surface area contributed by atoms with Crippen LogP contribution in [0.15, 0.2) is 24.3 Å². The Labute approximate surface area is 111 Å². The zero-order valence-corrected chi connectivity index (χ0v) is 11.2. The van der Waals surface area contributed by atoms with E-state index in [1.54, 1.807) is 13.0 Å². The van der Waals surface area contributed by atoms with Crippen LogP contribution in [0.4, 0.5) is 0 Å². The zero-order chi connectivity index (χ0) is 13.4. The number of hydrogen-bond acceptors (Lipinski definition) is 1. The second-order valence-electron chi connectivity index (χ2n) is 4.26. The molecule has 94 valence electrons. The maximum Gasteiger partial charge on any atom is 0.337 e. The summed E-state index contributed by atoms with van der Waals surface area (Å²) in [7, 11) is 0. The van der Waals surface area contributed by atoms with E-state index in [1.165, 1.54) is 0 Å². The lowest BCUT2D eigenvalue weighted by Gasteiger charge is -2.11. The molecule has 0 aliphatic carbocycles. The molecule has 1 aromatic carbocycles. The molecule has 0 aliphatic rings. The van der Waals surface area contributed by atoms with Gasteiger partial charge < -0.3 is 9.67 Å². The number of benzene rings is 1. The van der Waals surface area contributed by atoms with E-state index in [2.05, 4.69) is 0 Å². The van der Waals surface area contributed by atoms with Gasteiger partial charge in [0.15, 0.2) is 0 Å². The van der Waals surface area contributed by atoms with Crippen LogP contribution in [0, 0.1) is 20.8 Å². The molecule has 0 fully saturated rings. The number of rotatable bonds is 2. The third-order valence-electron chi connectivity index (χ3n) is 3.26. The molecule has 1 aromatic heterocycles. The summed E-state index contributed by atoms with van der Waals surface area (Å²) in [6.45, 7) is 5.52. The van der Waals surface area contributed by atoms with Crippen molar-refractivity contribution in [2.24, 2.45) is 0 Å². The maximum atomic E-state index is 11.3. The minimum absolute atomic E-state index is 0.354. The molecule has 2 rings (SSSR count). The number of aromatic carboxylic acids is 1. The van der Waals surface area contributed by atoms with Gasteiger partial charge in [0.05, 0.1) is 16.3 Å². The van der Waals surface area contributed by atoms with Gasteiger partial charge in [-0.2, -0.15) is 0 Å². The van der Waals surface area contributed by atoms with Gasteiger partial charge >= 0.3 is 5.97 Å². The lowest BCUT2D eigenvalue weighted by Crippen LogP contribution is -2.03. The summed E-state index contributed by atoms with van der Waals surface area (Å²) in [4.78, 5) is 11.3. The van der Waals surface area contributed by atoms with Gasteiger partial charge in [0, 0.05) is 11.4 Å². The first-order chi connectivity index (χ1) is 8.45. The van der Waals surface area contributed by atoms with E-state index in [1.807, 2.05) is 36.6 Å². The maximum absolute atomic E-state index is 11.3. The molecule has 0 amide bonds. The van der Waals surface area contributed by atoms with E-state index in [9.17, 15) is 9.90 Å². The number of aromatic nitrogens is 1. The van der Waals surface area contributed by atoms with Crippen LogP contribution < -0.4 is 0 Å². The van der Waals surface area contributed by atoms with Crippen molar-refractivity contribution in [1.29, 1.82) is 0 Å². The topological polar surface area (TPSA) is 42.2 Å². The first kappa shape index (κ1) is 12.7. The van der Waals surface area contributed by atoms with Crippen LogP contribution in [0.5, 0.6) is 0 Å². The van der Waals surface area contributed by atoms with Crippen molar-refractivity contribution in [3.8, 4) is 5.69 Å². The molecular weight excluding hydrogens is 250 g/mol. The Morgan fingerprint density at radius 1 is 1.17 bits per heavy atom. The van der Waals surface area contributed by atoms with Crippen molar-refractivity contribution in [2.45, 2.75) is 20.8 Å².